The molecule has 0 spiro atoms. The van der Waals surface area contributed by atoms with Crippen molar-refractivity contribution in [1.29, 1.82) is 0 Å². The maximum atomic E-state index is 13.3. The van der Waals surface area contributed by atoms with E-state index in [0.717, 1.165) is 36.2 Å². The average molecular weight is 261 g/mol. The van der Waals surface area contributed by atoms with Crippen molar-refractivity contribution >= 4 is 11.0 Å². The zero-order chi connectivity index (χ0) is 13.4. The Morgan fingerprint density at radius 1 is 1.37 bits per heavy atom. The lowest BCUT2D eigenvalue weighted by atomic mass is 9.84. The molecule has 1 saturated carbocycles. The van der Waals surface area contributed by atoms with E-state index >= 15 is 0 Å². The van der Waals surface area contributed by atoms with Gasteiger partial charge in [-0.2, -0.15) is 0 Å². The van der Waals surface area contributed by atoms with Gasteiger partial charge < -0.3 is 10.3 Å². The largest absolute Gasteiger partial charge is 0.328 e. The number of fused-ring (bicyclic) bond motifs is 1. The van der Waals surface area contributed by atoms with Gasteiger partial charge in [0.15, 0.2) is 0 Å². The first-order valence-corrected chi connectivity index (χ1v) is 7.12. The molecule has 1 aliphatic rings. The summed E-state index contributed by atoms with van der Waals surface area (Å²) < 4.78 is 15.5. The number of nitrogens with zero attached hydrogens (tertiary/aromatic N) is 2. The van der Waals surface area contributed by atoms with Crippen LogP contribution < -0.4 is 5.73 Å². The Balaban J connectivity index is 2.11. The Morgan fingerprint density at radius 2 is 2.16 bits per heavy atom. The second-order valence-corrected chi connectivity index (χ2v) is 5.40. The third-order valence-corrected chi connectivity index (χ3v) is 4.21. The van der Waals surface area contributed by atoms with Crippen LogP contribution in [0.2, 0.25) is 0 Å². The summed E-state index contributed by atoms with van der Waals surface area (Å²) in [6, 6.07) is 5.01. The number of hydrogen-bond donors (Lipinski definition) is 1. The average Bonchev–Trinajstić information content (AvgIpc) is 2.76. The summed E-state index contributed by atoms with van der Waals surface area (Å²) in [5.41, 5.74) is 8.01. The van der Waals surface area contributed by atoms with Crippen molar-refractivity contribution in [3.8, 4) is 0 Å². The van der Waals surface area contributed by atoms with E-state index in [9.17, 15) is 4.39 Å². The van der Waals surface area contributed by atoms with Crippen molar-refractivity contribution in [3.05, 3.63) is 29.8 Å². The summed E-state index contributed by atoms with van der Waals surface area (Å²) in [7, 11) is 0. The molecule has 0 amide bonds. The van der Waals surface area contributed by atoms with E-state index in [1.54, 1.807) is 0 Å². The molecular formula is C15H20FN3. The number of aromatic nitrogens is 2. The van der Waals surface area contributed by atoms with Crippen LogP contribution in [-0.4, -0.2) is 15.6 Å². The number of aryl methyl sites for hydroxylation is 1. The topological polar surface area (TPSA) is 43.8 Å². The van der Waals surface area contributed by atoms with E-state index < -0.39 is 0 Å². The first kappa shape index (κ1) is 12.6. The Kier molecular flexibility index (Phi) is 3.27. The summed E-state index contributed by atoms with van der Waals surface area (Å²) in [5.74, 6) is 1.12. The van der Waals surface area contributed by atoms with Crippen LogP contribution in [0.1, 0.15) is 44.3 Å². The highest BCUT2D eigenvalue weighted by Gasteiger charge is 2.28. The van der Waals surface area contributed by atoms with E-state index in [-0.39, 0.29) is 11.9 Å². The number of hydrogen-bond acceptors (Lipinski definition) is 2. The Morgan fingerprint density at radius 3 is 2.89 bits per heavy atom. The van der Waals surface area contributed by atoms with Gasteiger partial charge in [0, 0.05) is 24.6 Å². The van der Waals surface area contributed by atoms with Crippen molar-refractivity contribution < 1.29 is 4.39 Å². The molecule has 1 aromatic heterocycles. The summed E-state index contributed by atoms with van der Waals surface area (Å²) in [6.07, 6.45) is 4.57. The molecule has 0 bridgehead atoms. The molecule has 2 unspecified atom stereocenters. The Bertz CT molecular complexity index is 590. The molecule has 1 heterocycles. The highest BCUT2D eigenvalue weighted by atomic mass is 19.1. The van der Waals surface area contributed by atoms with E-state index in [4.69, 9.17) is 5.73 Å². The van der Waals surface area contributed by atoms with Gasteiger partial charge in [-0.3, -0.25) is 0 Å². The zero-order valence-electron chi connectivity index (χ0n) is 11.3. The molecule has 19 heavy (non-hydrogen) atoms. The second kappa shape index (κ2) is 4.93. The summed E-state index contributed by atoms with van der Waals surface area (Å²) in [4.78, 5) is 4.66. The van der Waals surface area contributed by atoms with Crippen LogP contribution in [-0.2, 0) is 6.54 Å². The lowest BCUT2D eigenvalue weighted by molar-refractivity contribution is 0.366. The van der Waals surface area contributed by atoms with E-state index in [1.165, 1.54) is 25.0 Å². The summed E-state index contributed by atoms with van der Waals surface area (Å²) in [6.45, 7) is 2.95. The second-order valence-electron chi connectivity index (χ2n) is 5.40. The lowest BCUT2D eigenvalue weighted by Gasteiger charge is -2.28. The standard InChI is InChI=1S/C15H20FN3/c1-2-19-14-8-7-10(16)9-13(14)18-15(19)11-5-3-4-6-12(11)17/h7-9,11-12H,2-6,17H2,1H3. The predicted octanol–water partition coefficient (Wildman–Crippen LogP) is 3.18. The number of nitrogens with two attached hydrogens (primary N) is 1. The maximum absolute atomic E-state index is 13.3. The van der Waals surface area contributed by atoms with Crippen molar-refractivity contribution in [2.45, 2.75) is 51.1 Å². The normalized spacial score (nSPS) is 23.9. The molecule has 1 fully saturated rings. The minimum Gasteiger partial charge on any atom is -0.328 e. The van der Waals surface area contributed by atoms with Crippen LogP contribution in [0.25, 0.3) is 11.0 Å². The highest BCUT2D eigenvalue weighted by molar-refractivity contribution is 5.76. The van der Waals surface area contributed by atoms with Crippen molar-refractivity contribution in [2.24, 2.45) is 5.73 Å². The quantitative estimate of drug-likeness (QED) is 0.902. The Labute approximate surface area is 112 Å². The molecule has 0 aliphatic heterocycles. The van der Waals surface area contributed by atoms with E-state index in [2.05, 4.69) is 16.5 Å². The predicted molar refractivity (Wildman–Crippen MR) is 74.5 cm³/mol. The third kappa shape index (κ3) is 2.14. The first-order chi connectivity index (χ1) is 9.20. The van der Waals surface area contributed by atoms with Crippen LogP contribution in [0.15, 0.2) is 18.2 Å². The van der Waals surface area contributed by atoms with Gasteiger partial charge in [0.1, 0.15) is 11.6 Å². The molecule has 4 heteroatoms. The maximum Gasteiger partial charge on any atom is 0.125 e. The van der Waals surface area contributed by atoms with Crippen molar-refractivity contribution in [3.63, 3.8) is 0 Å². The van der Waals surface area contributed by atoms with Crippen molar-refractivity contribution in [2.75, 3.05) is 0 Å². The fraction of sp³-hybridized carbons (Fsp3) is 0.533. The Hall–Kier alpha value is -1.42. The molecule has 2 atom stereocenters. The van der Waals surface area contributed by atoms with Crippen LogP contribution >= 0.6 is 0 Å². The summed E-state index contributed by atoms with van der Waals surface area (Å²) in [5, 5.41) is 0. The van der Waals surface area contributed by atoms with Gasteiger partial charge in [-0.25, -0.2) is 9.37 Å². The summed E-state index contributed by atoms with van der Waals surface area (Å²) >= 11 is 0. The molecular weight excluding hydrogens is 241 g/mol. The minimum absolute atomic E-state index is 0.181. The number of imidazole rings is 1. The molecule has 0 radical (unpaired) electrons. The number of rotatable bonds is 2. The smallest absolute Gasteiger partial charge is 0.125 e. The van der Waals surface area contributed by atoms with Gasteiger partial charge in [-0.15, -0.1) is 0 Å². The third-order valence-electron chi connectivity index (χ3n) is 4.21. The molecule has 3 nitrogen and oxygen atoms in total. The SMILES string of the molecule is CCn1c(C2CCCCC2N)nc2cc(F)ccc21. The lowest BCUT2D eigenvalue weighted by Crippen LogP contribution is -2.33. The molecule has 0 saturated heterocycles. The van der Waals surface area contributed by atoms with Gasteiger partial charge in [0.25, 0.3) is 0 Å². The number of benzene rings is 1. The van der Waals surface area contributed by atoms with Crippen LogP contribution in [0, 0.1) is 5.82 Å². The number of halogens is 1. The van der Waals surface area contributed by atoms with Gasteiger partial charge >= 0.3 is 0 Å². The fourth-order valence-electron chi connectivity index (χ4n) is 3.22. The minimum atomic E-state index is -0.229. The van der Waals surface area contributed by atoms with Crippen molar-refractivity contribution in [1.82, 2.24) is 9.55 Å². The highest BCUT2D eigenvalue weighted by Crippen LogP contribution is 2.33. The van der Waals surface area contributed by atoms with Gasteiger partial charge in [0.05, 0.1) is 11.0 Å². The van der Waals surface area contributed by atoms with Crippen LogP contribution in [0.3, 0.4) is 0 Å². The molecule has 3 rings (SSSR count). The monoisotopic (exact) mass is 261 g/mol. The van der Waals surface area contributed by atoms with Gasteiger partial charge in [-0.1, -0.05) is 12.8 Å². The zero-order valence-corrected chi connectivity index (χ0v) is 11.3. The molecule has 102 valence electrons. The first-order valence-electron chi connectivity index (χ1n) is 7.12. The van der Waals surface area contributed by atoms with Gasteiger partial charge in [0.2, 0.25) is 0 Å². The molecule has 2 aromatic rings. The van der Waals surface area contributed by atoms with E-state index in [0.29, 0.717) is 5.92 Å². The van der Waals surface area contributed by atoms with Crippen LogP contribution in [0.4, 0.5) is 4.39 Å². The van der Waals surface area contributed by atoms with Gasteiger partial charge in [-0.05, 0) is 31.9 Å². The van der Waals surface area contributed by atoms with E-state index in [1.807, 2.05) is 6.07 Å². The van der Waals surface area contributed by atoms with Crippen LogP contribution in [0.5, 0.6) is 0 Å². The molecule has 2 N–H and O–H groups in total. The fourth-order valence-corrected chi connectivity index (χ4v) is 3.22. The molecule has 1 aromatic carbocycles. The molecule has 1 aliphatic carbocycles.